The zero-order valence-corrected chi connectivity index (χ0v) is 16.2. The van der Waals surface area contributed by atoms with Crippen molar-refractivity contribution < 1.29 is 13.2 Å². The molecule has 0 spiro atoms. The van der Waals surface area contributed by atoms with Crippen LogP contribution < -0.4 is 5.32 Å². The topological polar surface area (TPSA) is 79.4 Å². The number of nitrogens with one attached hydrogen (secondary N) is 1. The highest BCUT2D eigenvalue weighted by molar-refractivity contribution is 7.89. The van der Waals surface area contributed by atoms with E-state index in [1.54, 1.807) is 6.07 Å². The van der Waals surface area contributed by atoms with Crippen molar-refractivity contribution in [1.29, 1.82) is 0 Å². The molecule has 0 radical (unpaired) electrons. The summed E-state index contributed by atoms with van der Waals surface area (Å²) < 4.78 is 26.7. The van der Waals surface area contributed by atoms with Crippen molar-refractivity contribution in [2.75, 3.05) is 19.6 Å². The lowest BCUT2D eigenvalue weighted by Crippen LogP contribution is -2.43. The second-order valence-corrected chi connectivity index (χ2v) is 8.59. The Hall–Kier alpha value is -1.18. The molecule has 0 saturated carbocycles. The third-order valence-corrected chi connectivity index (χ3v) is 6.84. The molecule has 25 heavy (non-hydrogen) atoms. The number of sulfonamides is 1. The molecular formula is C17H26ClN3O3S. The van der Waals surface area contributed by atoms with Gasteiger partial charge in [0, 0.05) is 31.7 Å². The Morgan fingerprint density at radius 3 is 2.68 bits per heavy atom. The molecule has 1 saturated heterocycles. The highest BCUT2D eigenvalue weighted by Gasteiger charge is 2.33. The smallest absolute Gasteiger partial charge is 0.246 e. The molecular weight excluding hydrogens is 362 g/mol. The summed E-state index contributed by atoms with van der Waals surface area (Å²) in [5.41, 5.74) is 0. The fourth-order valence-electron chi connectivity index (χ4n) is 2.97. The number of piperidine rings is 1. The molecule has 1 amide bonds. The number of pyridine rings is 1. The van der Waals surface area contributed by atoms with Crippen LogP contribution in [0.1, 0.15) is 45.4 Å². The average Bonchev–Trinajstić information content (AvgIpc) is 2.61. The Balaban J connectivity index is 1.85. The van der Waals surface area contributed by atoms with Crippen molar-refractivity contribution in [1.82, 2.24) is 14.6 Å². The molecule has 0 unspecified atom stereocenters. The van der Waals surface area contributed by atoms with Crippen LogP contribution in [0.15, 0.2) is 23.2 Å². The largest absolute Gasteiger partial charge is 0.356 e. The molecule has 1 N–H and O–H groups in total. The number of hydrogen-bond acceptors (Lipinski definition) is 4. The van der Waals surface area contributed by atoms with Crippen LogP contribution in [0.3, 0.4) is 0 Å². The van der Waals surface area contributed by atoms with E-state index in [-0.39, 0.29) is 21.9 Å². The second kappa shape index (κ2) is 9.50. The summed E-state index contributed by atoms with van der Waals surface area (Å²) in [5.74, 6) is -0.0880. The van der Waals surface area contributed by atoms with Gasteiger partial charge in [-0.15, -0.1) is 0 Å². The van der Waals surface area contributed by atoms with Gasteiger partial charge in [0.2, 0.25) is 15.9 Å². The highest BCUT2D eigenvalue weighted by atomic mass is 35.5. The molecule has 2 heterocycles. The summed E-state index contributed by atoms with van der Waals surface area (Å²) in [6.07, 6.45) is 6.98. The second-order valence-electron chi connectivity index (χ2n) is 6.32. The maximum Gasteiger partial charge on any atom is 0.246 e. The van der Waals surface area contributed by atoms with Crippen LogP contribution in [0.25, 0.3) is 0 Å². The Morgan fingerprint density at radius 2 is 2.04 bits per heavy atom. The van der Waals surface area contributed by atoms with E-state index in [1.807, 2.05) is 0 Å². The molecule has 0 aromatic carbocycles. The summed E-state index contributed by atoms with van der Waals surface area (Å²) in [6.45, 7) is 3.49. The van der Waals surface area contributed by atoms with Gasteiger partial charge in [-0.2, -0.15) is 4.31 Å². The first-order valence-corrected chi connectivity index (χ1v) is 10.7. The van der Waals surface area contributed by atoms with Gasteiger partial charge in [0.25, 0.3) is 0 Å². The van der Waals surface area contributed by atoms with Gasteiger partial charge in [0.1, 0.15) is 10.0 Å². The number of nitrogens with zero attached hydrogens (tertiary/aromatic N) is 2. The standard InChI is InChI=1S/C17H26ClN3O3S/c1-2-3-4-5-10-20-17(22)14-8-12-21(13-9-14)25(23,24)15-7-6-11-19-16(15)18/h6-7,11,14H,2-5,8-10,12-13H2,1H3,(H,20,22). The summed E-state index contributed by atoms with van der Waals surface area (Å²) >= 11 is 5.92. The van der Waals surface area contributed by atoms with E-state index in [2.05, 4.69) is 17.2 Å². The number of aromatic nitrogens is 1. The van der Waals surface area contributed by atoms with Crippen LogP contribution in [0.5, 0.6) is 0 Å². The van der Waals surface area contributed by atoms with E-state index < -0.39 is 10.0 Å². The van der Waals surface area contributed by atoms with Crippen molar-refractivity contribution in [2.24, 2.45) is 5.92 Å². The number of amides is 1. The normalized spacial score (nSPS) is 16.7. The number of rotatable bonds is 8. The maximum absolute atomic E-state index is 12.7. The maximum atomic E-state index is 12.7. The van der Waals surface area contributed by atoms with E-state index >= 15 is 0 Å². The first kappa shape index (κ1) is 20.1. The number of unbranched alkanes of at least 4 members (excludes halogenated alkanes) is 3. The Morgan fingerprint density at radius 1 is 1.32 bits per heavy atom. The lowest BCUT2D eigenvalue weighted by atomic mass is 9.97. The Labute approximate surface area is 155 Å². The van der Waals surface area contributed by atoms with Crippen LogP contribution in [-0.4, -0.2) is 43.2 Å². The number of hydrogen-bond donors (Lipinski definition) is 1. The zero-order chi connectivity index (χ0) is 18.3. The van der Waals surface area contributed by atoms with Gasteiger partial charge >= 0.3 is 0 Å². The van der Waals surface area contributed by atoms with Crippen LogP contribution >= 0.6 is 11.6 Å². The number of carbonyl (C=O) groups excluding carboxylic acids is 1. The molecule has 0 bridgehead atoms. The highest BCUT2D eigenvalue weighted by Crippen LogP contribution is 2.27. The van der Waals surface area contributed by atoms with Gasteiger partial charge in [0.15, 0.2) is 0 Å². The van der Waals surface area contributed by atoms with Gasteiger partial charge in [-0.25, -0.2) is 13.4 Å². The third kappa shape index (κ3) is 5.39. The summed E-state index contributed by atoms with van der Waals surface area (Å²) in [5, 5.41) is 2.95. The minimum Gasteiger partial charge on any atom is -0.356 e. The van der Waals surface area contributed by atoms with E-state index in [4.69, 9.17) is 11.6 Å². The van der Waals surface area contributed by atoms with E-state index in [0.717, 1.165) is 12.8 Å². The van der Waals surface area contributed by atoms with Crippen molar-refractivity contribution in [3.63, 3.8) is 0 Å². The fraction of sp³-hybridized carbons (Fsp3) is 0.647. The molecule has 2 rings (SSSR count). The van der Waals surface area contributed by atoms with Crippen molar-refractivity contribution in [2.45, 2.75) is 50.3 Å². The number of carbonyl (C=O) groups is 1. The third-order valence-electron chi connectivity index (χ3n) is 4.50. The molecule has 0 atom stereocenters. The van der Waals surface area contributed by atoms with Crippen LogP contribution in [-0.2, 0) is 14.8 Å². The van der Waals surface area contributed by atoms with Crippen LogP contribution in [0, 0.1) is 5.92 Å². The first-order chi connectivity index (χ1) is 12.0. The SMILES string of the molecule is CCCCCCNC(=O)C1CCN(S(=O)(=O)c2cccnc2Cl)CC1. The van der Waals surface area contributed by atoms with Crippen molar-refractivity contribution in [3.8, 4) is 0 Å². The lowest BCUT2D eigenvalue weighted by Gasteiger charge is -2.30. The van der Waals surface area contributed by atoms with E-state index in [9.17, 15) is 13.2 Å². The van der Waals surface area contributed by atoms with Gasteiger partial charge in [-0.3, -0.25) is 4.79 Å². The Bertz CT molecular complexity index is 673. The van der Waals surface area contributed by atoms with Gasteiger partial charge in [0.05, 0.1) is 0 Å². The molecule has 1 aromatic heterocycles. The van der Waals surface area contributed by atoms with Crippen LogP contribution in [0.2, 0.25) is 5.15 Å². The predicted molar refractivity (Wildman–Crippen MR) is 97.9 cm³/mol. The molecule has 0 aliphatic carbocycles. The molecule has 1 aromatic rings. The molecule has 1 fully saturated rings. The minimum atomic E-state index is -3.66. The quantitative estimate of drug-likeness (QED) is 0.549. The van der Waals surface area contributed by atoms with Crippen molar-refractivity contribution in [3.05, 3.63) is 23.5 Å². The minimum absolute atomic E-state index is 0.0190. The molecule has 1 aliphatic rings. The molecule has 6 nitrogen and oxygen atoms in total. The van der Waals surface area contributed by atoms with E-state index in [0.29, 0.717) is 32.5 Å². The monoisotopic (exact) mass is 387 g/mol. The zero-order valence-electron chi connectivity index (χ0n) is 14.6. The van der Waals surface area contributed by atoms with Crippen molar-refractivity contribution >= 4 is 27.5 Å². The number of halogens is 1. The van der Waals surface area contributed by atoms with E-state index in [1.165, 1.54) is 29.4 Å². The summed E-state index contributed by atoms with van der Waals surface area (Å²) in [6, 6.07) is 3.01. The van der Waals surface area contributed by atoms with Crippen LogP contribution in [0.4, 0.5) is 0 Å². The first-order valence-electron chi connectivity index (χ1n) is 8.85. The predicted octanol–water partition coefficient (Wildman–Crippen LogP) is 2.83. The fourth-order valence-corrected chi connectivity index (χ4v) is 4.87. The van der Waals surface area contributed by atoms with Gasteiger partial charge < -0.3 is 5.32 Å². The molecule has 1 aliphatic heterocycles. The molecule has 8 heteroatoms. The summed E-state index contributed by atoms with van der Waals surface area (Å²) in [4.78, 5) is 16.1. The molecule has 140 valence electrons. The average molecular weight is 388 g/mol. The van der Waals surface area contributed by atoms with Gasteiger partial charge in [-0.05, 0) is 31.4 Å². The van der Waals surface area contributed by atoms with Gasteiger partial charge in [-0.1, -0.05) is 37.8 Å². The summed E-state index contributed by atoms with van der Waals surface area (Å²) in [7, 11) is -3.66. The Kier molecular flexibility index (Phi) is 7.65. The lowest BCUT2D eigenvalue weighted by molar-refractivity contribution is -0.126.